The first kappa shape index (κ1) is 26.9. The average molecular weight is 545 g/mol. The van der Waals surface area contributed by atoms with E-state index in [4.69, 9.17) is 32.7 Å². The summed E-state index contributed by atoms with van der Waals surface area (Å²) in [6, 6.07) is 8.57. The molecule has 0 saturated carbocycles. The number of sulfonamides is 1. The van der Waals surface area contributed by atoms with Crippen molar-refractivity contribution >= 4 is 51.1 Å². The number of rotatable bonds is 8. The molecule has 2 aromatic carbocycles. The normalized spacial score (nSPS) is 14.3. The molecule has 1 aliphatic rings. The lowest BCUT2D eigenvalue weighted by molar-refractivity contribution is -0.124. The third-order valence-corrected chi connectivity index (χ3v) is 7.70. The molecule has 35 heavy (non-hydrogen) atoms. The van der Waals surface area contributed by atoms with Crippen LogP contribution in [0.3, 0.4) is 0 Å². The zero-order valence-electron chi connectivity index (χ0n) is 18.6. The van der Waals surface area contributed by atoms with Crippen molar-refractivity contribution in [2.24, 2.45) is 0 Å². The van der Waals surface area contributed by atoms with Crippen LogP contribution in [-0.4, -0.2) is 70.6 Å². The molecule has 0 aromatic heterocycles. The van der Waals surface area contributed by atoms with Gasteiger partial charge in [-0.25, -0.2) is 18.0 Å². The summed E-state index contributed by atoms with van der Waals surface area (Å²) in [5.41, 5.74) is 0.830. The first-order valence-corrected chi connectivity index (χ1v) is 12.5. The summed E-state index contributed by atoms with van der Waals surface area (Å²) in [5.74, 6) is -2.06. The number of ether oxygens (including phenoxy) is 3. The van der Waals surface area contributed by atoms with Gasteiger partial charge in [0.15, 0.2) is 6.61 Å². The Labute approximate surface area is 212 Å². The first-order valence-electron chi connectivity index (χ1n) is 10.3. The highest BCUT2D eigenvalue weighted by Gasteiger charge is 2.30. The summed E-state index contributed by atoms with van der Waals surface area (Å²) in [5, 5.41) is 2.31. The van der Waals surface area contributed by atoms with Crippen molar-refractivity contribution in [2.45, 2.75) is 11.4 Å². The van der Waals surface area contributed by atoms with Crippen LogP contribution in [0.2, 0.25) is 10.0 Å². The minimum Gasteiger partial charge on any atom is -0.465 e. The van der Waals surface area contributed by atoms with Crippen LogP contribution in [0.1, 0.15) is 26.3 Å². The molecule has 0 bridgehead atoms. The topological polar surface area (TPSA) is 128 Å². The highest BCUT2D eigenvalue weighted by molar-refractivity contribution is 7.89. The highest BCUT2D eigenvalue weighted by atomic mass is 35.5. The van der Waals surface area contributed by atoms with Crippen molar-refractivity contribution < 1.29 is 37.0 Å². The van der Waals surface area contributed by atoms with Crippen molar-refractivity contribution in [1.82, 2.24) is 9.62 Å². The van der Waals surface area contributed by atoms with E-state index >= 15 is 0 Å². The Morgan fingerprint density at radius 2 is 1.69 bits per heavy atom. The minimum absolute atomic E-state index is 0.118. The van der Waals surface area contributed by atoms with E-state index in [0.717, 1.165) is 12.1 Å². The molecule has 13 heteroatoms. The van der Waals surface area contributed by atoms with Gasteiger partial charge in [0.05, 0.1) is 41.5 Å². The molecule has 3 rings (SSSR count). The predicted molar refractivity (Wildman–Crippen MR) is 126 cm³/mol. The number of halogens is 2. The Morgan fingerprint density at radius 3 is 2.31 bits per heavy atom. The number of morpholine rings is 1. The molecule has 0 radical (unpaired) electrons. The van der Waals surface area contributed by atoms with E-state index in [1.165, 1.54) is 11.4 Å². The third-order valence-electron chi connectivity index (χ3n) is 5.03. The molecule has 1 N–H and O–H groups in total. The number of esters is 2. The molecule has 1 fully saturated rings. The molecule has 0 unspecified atom stereocenters. The number of amides is 1. The second-order valence-corrected chi connectivity index (χ2v) is 10.0. The number of nitrogens with one attached hydrogen (secondary N) is 1. The summed E-state index contributed by atoms with van der Waals surface area (Å²) in [7, 11) is -2.72. The number of hydrogen-bond donors (Lipinski definition) is 1. The lowest BCUT2D eigenvalue weighted by Crippen LogP contribution is -2.40. The van der Waals surface area contributed by atoms with Gasteiger partial charge in [-0.2, -0.15) is 4.31 Å². The molecular formula is C22H22Cl2N2O8S. The van der Waals surface area contributed by atoms with Crippen molar-refractivity contribution in [1.29, 1.82) is 0 Å². The van der Waals surface area contributed by atoms with Gasteiger partial charge >= 0.3 is 11.9 Å². The van der Waals surface area contributed by atoms with Crippen LogP contribution < -0.4 is 5.32 Å². The van der Waals surface area contributed by atoms with Gasteiger partial charge in [-0.3, -0.25) is 4.79 Å². The van der Waals surface area contributed by atoms with E-state index in [2.05, 4.69) is 10.1 Å². The number of hydrogen-bond acceptors (Lipinski definition) is 8. The number of nitrogens with zero attached hydrogens (tertiary/aromatic N) is 1. The van der Waals surface area contributed by atoms with E-state index in [1.807, 2.05) is 0 Å². The van der Waals surface area contributed by atoms with Crippen LogP contribution in [0.4, 0.5) is 0 Å². The smallest absolute Gasteiger partial charge is 0.340 e. The lowest BCUT2D eigenvalue weighted by atomic mass is 10.1. The molecule has 1 aliphatic heterocycles. The minimum atomic E-state index is -4.00. The molecule has 10 nitrogen and oxygen atoms in total. The Kier molecular flexibility index (Phi) is 9.09. The number of methoxy groups -OCH3 is 1. The van der Waals surface area contributed by atoms with Gasteiger partial charge in [0.1, 0.15) is 4.90 Å². The van der Waals surface area contributed by atoms with Crippen molar-refractivity contribution in [3.05, 3.63) is 63.1 Å². The maximum Gasteiger partial charge on any atom is 0.340 e. The van der Waals surface area contributed by atoms with E-state index in [-0.39, 0.29) is 53.4 Å². The first-order chi connectivity index (χ1) is 16.6. The average Bonchev–Trinajstić information content (AvgIpc) is 2.86. The summed E-state index contributed by atoms with van der Waals surface area (Å²) >= 11 is 12.2. The van der Waals surface area contributed by atoms with E-state index in [0.29, 0.717) is 11.1 Å². The predicted octanol–water partition coefficient (Wildman–Crippen LogP) is 2.27. The van der Waals surface area contributed by atoms with Crippen molar-refractivity contribution in [3.8, 4) is 0 Å². The van der Waals surface area contributed by atoms with Crippen LogP contribution in [0, 0.1) is 0 Å². The summed E-state index contributed by atoms with van der Waals surface area (Å²) in [4.78, 5) is 35.8. The van der Waals surface area contributed by atoms with E-state index < -0.39 is 34.5 Å². The van der Waals surface area contributed by atoms with Gasteiger partial charge in [0, 0.05) is 19.6 Å². The molecule has 0 spiro atoms. The maximum absolute atomic E-state index is 13.0. The monoisotopic (exact) mass is 544 g/mol. The summed E-state index contributed by atoms with van der Waals surface area (Å²) < 4.78 is 41.9. The second kappa shape index (κ2) is 11.8. The standard InChI is InChI=1S/C22H22Cl2N2O8S/c1-32-21(28)15-4-2-14(3-5-15)12-25-20(27)13-34-22(29)16-10-19(18(24)11-17(16)23)35(30,31)26-6-8-33-9-7-26/h2-5,10-11H,6-9,12-13H2,1H3,(H,25,27). The van der Waals surface area contributed by atoms with Crippen LogP contribution in [0.5, 0.6) is 0 Å². The molecule has 1 heterocycles. The zero-order valence-corrected chi connectivity index (χ0v) is 20.9. The van der Waals surface area contributed by atoms with Gasteiger partial charge in [-0.1, -0.05) is 35.3 Å². The Morgan fingerprint density at radius 1 is 1.03 bits per heavy atom. The molecule has 1 saturated heterocycles. The fraction of sp³-hybridized carbons (Fsp3) is 0.318. The van der Waals surface area contributed by atoms with Crippen LogP contribution in [0.25, 0.3) is 0 Å². The van der Waals surface area contributed by atoms with Crippen molar-refractivity contribution in [3.63, 3.8) is 0 Å². The van der Waals surface area contributed by atoms with Crippen LogP contribution >= 0.6 is 23.2 Å². The van der Waals surface area contributed by atoms with Crippen LogP contribution in [-0.2, 0) is 35.6 Å². The van der Waals surface area contributed by atoms with E-state index in [9.17, 15) is 22.8 Å². The fourth-order valence-electron chi connectivity index (χ4n) is 3.15. The Balaban J connectivity index is 1.61. The molecule has 2 aromatic rings. The highest BCUT2D eigenvalue weighted by Crippen LogP contribution is 2.31. The van der Waals surface area contributed by atoms with Gasteiger partial charge in [-0.05, 0) is 29.8 Å². The van der Waals surface area contributed by atoms with Gasteiger partial charge in [-0.15, -0.1) is 0 Å². The lowest BCUT2D eigenvalue weighted by Gasteiger charge is -2.26. The van der Waals surface area contributed by atoms with Gasteiger partial charge in [0.25, 0.3) is 5.91 Å². The third kappa shape index (κ3) is 6.71. The zero-order chi connectivity index (χ0) is 25.6. The Bertz CT molecular complexity index is 1210. The molecule has 188 valence electrons. The van der Waals surface area contributed by atoms with Crippen molar-refractivity contribution in [2.75, 3.05) is 40.0 Å². The number of carbonyl (C=O) groups excluding carboxylic acids is 3. The summed E-state index contributed by atoms with van der Waals surface area (Å²) in [6.45, 7) is 0.276. The second-order valence-electron chi connectivity index (χ2n) is 7.32. The van der Waals surface area contributed by atoms with E-state index in [1.54, 1.807) is 24.3 Å². The quantitative estimate of drug-likeness (QED) is 0.501. The number of carbonyl (C=O) groups is 3. The number of benzene rings is 2. The van der Waals surface area contributed by atoms with Crippen LogP contribution in [0.15, 0.2) is 41.3 Å². The molecule has 1 amide bonds. The maximum atomic E-state index is 13.0. The largest absolute Gasteiger partial charge is 0.465 e. The molecule has 0 aliphatic carbocycles. The molecular weight excluding hydrogens is 523 g/mol. The SMILES string of the molecule is COC(=O)c1ccc(CNC(=O)COC(=O)c2cc(S(=O)(=O)N3CCOCC3)c(Cl)cc2Cl)cc1. The van der Waals surface area contributed by atoms with Gasteiger partial charge < -0.3 is 19.5 Å². The molecule has 0 atom stereocenters. The summed E-state index contributed by atoms with van der Waals surface area (Å²) in [6.07, 6.45) is 0. The Hall–Kier alpha value is -2.70. The van der Waals surface area contributed by atoms with Gasteiger partial charge in [0.2, 0.25) is 10.0 Å². The fourth-order valence-corrected chi connectivity index (χ4v) is 5.38.